The zero-order chi connectivity index (χ0) is 13.0. The molecule has 1 saturated heterocycles. The molecule has 0 bridgehead atoms. The summed E-state index contributed by atoms with van der Waals surface area (Å²) < 4.78 is 5.48. The zero-order valence-electron chi connectivity index (χ0n) is 11.2. The van der Waals surface area contributed by atoms with Gasteiger partial charge in [0.1, 0.15) is 0 Å². The van der Waals surface area contributed by atoms with Crippen molar-refractivity contribution in [2.24, 2.45) is 5.92 Å². The Hall–Kier alpha value is -0.570. The summed E-state index contributed by atoms with van der Waals surface area (Å²) in [6.07, 6.45) is 2.30. The molecule has 3 heteroatoms. The lowest BCUT2D eigenvalue weighted by atomic mass is 9.95. The highest BCUT2D eigenvalue weighted by molar-refractivity contribution is 6.31. The van der Waals surface area contributed by atoms with E-state index in [-0.39, 0.29) is 6.04 Å². The van der Waals surface area contributed by atoms with Crippen molar-refractivity contribution in [3.8, 4) is 0 Å². The van der Waals surface area contributed by atoms with Crippen LogP contribution in [0.1, 0.15) is 38.3 Å². The highest BCUT2D eigenvalue weighted by atomic mass is 35.5. The third-order valence-corrected chi connectivity index (χ3v) is 4.15. The smallest absolute Gasteiger partial charge is 0.0510 e. The number of hydrogen-bond acceptors (Lipinski definition) is 2. The van der Waals surface area contributed by atoms with Gasteiger partial charge in [0.15, 0.2) is 0 Å². The quantitative estimate of drug-likeness (QED) is 0.876. The van der Waals surface area contributed by atoms with Crippen LogP contribution in [0.3, 0.4) is 0 Å². The van der Waals surface area contributed by atoms with Crippen LogP contribution in [-0.2, 0) is 4.74 Å². The largest absolute Gasteiger partial charge is 0.381 e. The first-order valence-electron chi connectivity index (χ1n) is 6.80. The van der Waals surface area contributed by atoms with Crippen molar-refractivity contribution >= 4 is 11.6 Å². The number of nitrogens with one attached hydrogen (secondary N) is 1. The van der Waals surface area contributed by atoms with Crippen LogP contribution in [0.25, 0.3) is 0 Å². The predicted octanol–water partition coefficient (Wildman–Crippen LogP) is 3.81. The van der Waals surface area contributed by atoms with E-state index in [1.165, 1.54) is 12.0 Å². The maximum atomic E-state index is 6.24. The summed E-state index contributed by atoms with van der Waals surface area (Å²) in [4.78, 5) is 0. The molecule has 0 aliphatic carbocycles. The van der Waals surface area contributed by atoms with Gasteiger partial charge in [-0.15, -0.1) is 0 Å². The van der Waals surface area contributed by atoms with Crippen LogP contribution in [0.4, 0.5) is 0 Å². The minimum atomic E-state index is 0.282. The molecule has 1 aromatic carbocycles. The number of benzene rings is 1. The molecule has 1 N–H and O–H groups in total. The molecule has 0 spiro atoms. The fourth-order valence-electron chi connectivity index (χ4n) is 2.69. The summed E-state index contributed by atoms with van der Waals surface area (Å²) in [6, 6.07) is 8.86. The normalized spacial score (nSPS) is 22.9. The minimum Gasteiger partial charge on any atom is -0.381 e. The molecule has 1 aromatic rings. The summed E-state index contributed by atoms with van der Waals surface area (Å²) in [5.74, 6) is 0.639. The van der Waals surface area contributed by atoms with Crippen molar-refractivity contribution in [1.82, 2.24) is 5.32 Å². The lowest BCUT2D eigenvalue weighted by Crippen LogP contribution is -2.37. The fraction of sp³-hybridized carbons (Fsp3) is 0.600. The number of rotatable bonds is 5. The van der Waals surface area contributed by atoms with Crippen LogP contribution in [0.2, 0.25) is 5.02 Å². The molecule has 2 nitrogen and oxygen atoms in total. The number of ether oxygens (including phenoxy) is 1. The Morgan fingerprint density at radius 1 is 1.44 bits per heavy atom. The van der Waals surface area contributed by atoms with Gasteiger partial charge < -0.3 is 10.1 Å². The van der Waals surface area contributed by atoms with Crippen LogP contribution < -0.4 is 5.32 Å². The summed E-state index contributed by atoms with van der Waals surface area (Å²) in [5, 5.41) is 4.54. The molecule has 1 aliphatic rings. The van der Waals surface area contributed by atoms with E-state index in [2.05, 4.69) is 25.2 Å². The Bertz CT molecular complexity index is 377. The summed E-state index contributed by atoms with van der Waals surface area (Å²) in [5.41, 5.74) is 1.18. The second kappa shape index (κ2) is 6.55. The van der Waals surface area contributed by atoms with Gasteiger partial charge in [-0.1, -0.05) is 36.7 Å². The van der Waals surface area contributed by atoms with Gasteiger partial charge in [0.05, 0.1) is 6.61 Å². The molecule has 100 valence electrons. The lowest BCUT2D eigenvalue weighted by molar-refractivity contribution is 0.174. The van der Waals surface area contributed by atoms with Gasteiger partial charge in [-0.2, -0.15) is 0 Å². The van der Waals surface area contributed by atoms with Gasteiger partial charge >= 0.3 is 0 Å². The van der Waals surface area contributed by atoms with Crippen LogP contribution >= 0.6 is 11.6 Å². The average molecular weight is 268 g/mol. The molecule has 0 amide bonds. The van der Waals surface area contributed by atoms with E-state index < -0.39 is 0 Å². The molecule has 1 fully saturated rings. The van der Waals surface area contributed by atoms with Gasteiger partial charge in [0.25, 0.3) is 0 Å². The molecule has 0 radical (unpaired) electrons. The number of halogens is 1. The van der Waals surface area contributed by atoms with E-state index in [4.69, 9.17) is 16.3 Å². The fourth-order valence-corrected chi connectivity index (χ4v) is 2.99. The highest BCUT2D eigenvalue weighted by Crippen LogP contribution is 2.26. The third kappa shape index (κ3) is 3.25. The van der Waals surface area contributed by atoms with E-state index in [0.717, 1.165) is 24.7 Å². The minimum absolute atomic E-state index is 0.282. The van der Waals surface area contributed by atoms with Crippen LogP contribution in [0.15, 0.2) is 24.3 Å². The standard InChI is InChI=1S/C15H22ClNO/c1-3-15(12-8-9-18-10-12)17-11(2)13-6-4-5-7-14(13)16/h4-7,11-12,15,17H,3,8-10H2,1-2H3/t11-,12?,15?/m1/s1. The van der Waals surface area contributed by atoms with Crippen molar-refractivity contribution < 1.29 is 4.74 Å². The van der Waals surface area contributed by atoms with Crippen molar-refractivity contribution in [3.05, 3.63) is 34.9 Å². The second-order valence-corrected chi connectivity index (χ2v) is 5.46. The summed E-state index contributed by atoms with van der Waals surface area (Å²) in [7, 11) is 0. The molecule has 2 rings (SSSR count). The van der Waals surface area contributed by atoms with Crippen molar-refractivity contribution in [2.45, 2.75) is 38.8 Å². The van der Waals surface area contributed by atoms with Crippen LogP contribution in [-0.4, -0.2) is 19.3 Å². The van der Waals surface area contributed by atoms with E-state index in [1.54, 1.807) is 0 Å². The predicted molar refractivity (Wildman–Crippen MR) is 76.0 cm³/mol. The Kier molecular flexibility index (Phi) is 5.04. The Morgan fingerprint density at radius 3 is 2.83 bits per heavy atom. The molecule has 18 heavy (non-hydrogen) atoms. The van der Waals surface area contributed by atoms with E-state index in [1.807, 2.05) is 18.2 Å². The Morgan fingerprint density at radius 2 is 2.22 bits per heavy atom. The van der Waals surface area contributed by atoms with Gasteiger partial charge in [-0.25, -0.2) is 0 Å². The Balaban J connectivity index is 2.00. The zero-order valence-corrected chi connectivity index (χ0v) is 11.9. The average Bonchev–Trinajstić information content (AvgIpc) is 2.90. The molecular formula is C15H22ClNO. The molecule has 1 aliphatic heterocycles. The first-order valence-corrected chi connectivity index (χ1v) is 7.18. The molecular weight excluding hydrogens is 246 g/mol. The van der Waals surface area contributed by atoms with E-state index >= 15 is 0 Å². The highest BCUT2D eigenvalue weighted by Gasteiger charge is 2.25. The van der Waals surface area contributed by atoms with Crippen molar-refractivity contribution in [3.63, 3.8) is 0 Å². The molecule has 0 aromatic heterocycles. The van der Waals surface area contributed by atoms with Gasteiger partial charge in [-0.05, 0) is 37.3 Å². The monoisotopic (exact) mass is 267 g/mol. The maximum Gasteiger partial charge on any atom is 0.0510 e. The van der Waals surface area contributed by atoms with E-state index in [9.17, 15) is 0 Å². The summed E-state index contributed by atoms with van der Waals surface area (Å²) >= 11 is 6.24. The molecule has 2 unspecified atom stereocenters. The van der Waals surface area contributed by atoms with Crippen molar-refractivity contribution in [2.75, 3.05) is 13.2 Å². The molecule has 0 saturated carbocycles. The summed E-state index contributed by atoms with van der Waals surface area (Å²) in [6.45, 7) is 6.21. The van der Waals surface area contributed by atoms with Crippen LogP contribution in [0.5, 0.6) is 0 Å². The topological polar surface area (TPSA) is 21.3 Å². The third-order valence-electron chi connectivity index (χ3n) is 3.81. The molecule has 1 heterocycles. The first-order chi connectivity index (χ1) is 8.72. The second-order valence-electron chi connectivity index (χ2n) is 5.05. The van der Waals surface area contributed by atoms with Crippen molar-refractivity contribution in [1.29, 1.82) is 0 Å². The van der Waals surface area contributed by atoms with E-state index in [0.29, 0.717) is 12.0 Å². The van der Waals surface area contributed by atoms with Crippen LogP contribution in [0, 0.1) is 5.92 Å². The number of hydrogen-bond donors (Lipinski definition) is 1. The first kappa shape index (κ1) is 13.9. The van der Waals surface area contributed by atoms with Gasteiger partial charge in [0.2, 0.25) is 0 Å². The van der Waals surface area contributed by atoms with Gasteiger partial charge in [-0.3, -0.25) is 0 Å². The molecule has 3 atom stereocenters. The Labute approximate surface area is 115 Å². The maximum absolute atomic E-state index is 6.24. The lowest BCUT2D eigenvalue weighted by Gasteiger charge is -2.27. The van der Waals surface area contributed by atoms with Gasteiger partial charge in [0, 0.05) is 23.7 Å². The SMILES string of the molecule is CCC(N[C@H](C)c1ccccc1Cl)C1CCOC1.